The van der Waals surface area contributed by atoms with Crippen molar-refractivity contribution >= 4 is 34.3 Å². The number of nitrogens with one attached hydrogen (secondary N) is 2. The number of rotatable bonds is 9. The quantitative estimate of drug-likeness (QED) is 0.517. The Kier molecular flexibility index (Phi) is 4.54. The van der Waals surface area contributed by atoms with Gasteiger partial charge in [-0.05, 0) is 55.7 Å². The Morgan fingerprint density at radius 2 is 2.07 bits per heavy atom. The average molecular weight is 391 g/mol. The van der Waals surface area contributed by atoms with Crippen molar-refractivity contribution in [1.29, 1.82) is 0 Å². The number of anilines is 3. The molecule has 0 aliphatic heterocycles. The molecule has 0 bridgehead atoms. The molecule has 150 valence electrons. The van der Waals surface area contributed by atoms with E-state index in [4.69, 9.17) is 5.73 Å². The summed E-state index contributed by atoms with van der Waals surface area (Å²) in [5.74, 6) is 2.26. The van der Waals surface area contributed by atoms with Crippen molar-refractivity contribution in [2.75, 3.05) is 17.2 Å². The zero-order valence-corrected chi connectivity index (χ0v) is 16.3. The molecule has 8 heteroatoms. The van der Waals surface area contributed by atoms with Crippen molar-refractivity contribution in [3.05, 3.63) is 36.2 Å². The summed E-state index contributed by atoms with van der Waals surface area (Å²) in [5, 5.41) is 12.2. The summed E-state index contributed by atoms with van der Waals surface area (Å²) in [4.78, 5) is 20.2. The van der Waals surface area contributed by atoms with E-state index in [0.717, 1.165) is 53.3 Å². The number of hydrogen-bond donors (Lipinski definition) is 3. The van der Waals surface area contributed by atoms with Gasteiger partial charge in [-0.1, -0.05) is 0 Å². The molecule has 2 aliphatic carbocycles. The molecule has 0 spiro atoms. The van der Waals surface area contributed by atoms with Crippen LogP contribution in [0.3, 0.4) is 0 Å². The van der Waals surface area contributed by atoms with E-state index in [1.54, 1.807) is 0 Å². The van der Waals surface area contributed by atoms with E-state index >= 15 is 0 Å². The normalized spacial score (nSPS) is 16.1. The van der Waals surface area contributed by atoms with Crippen molar-refractivity contribution in [3.8, 4) is 0 Å². The maximum Gasteiger partial charge on any atom is 0.229 e. The lowest BCUT2D eigenvalue weighted by Crippen LogP contribution is -2.17. The third-order valence-corrected chi connectivity index (χ3v) is 5.53. The Hall–Kier alpha value is -3.16. The largest absolute Gasteiger partial charge is 0.370 e. The Morgan fingerprint density at radius 1 is 1.21 bits per heavy atom. The monoisotopic (exact) mass is 391 g/mol. The van der Waals surface area contributed by atoms with Crippen LogP contribution in [0.2, 0.25) is 0 Å². The lowest BCUT2D eigenvalue weighted by atomic mass is 10.2. The zero-order chi connectivity index (χ0) is 19.8. The summed E-state index contributed by atoms with van der Waals surface area (Å²) in [6, 6.07) is 6.19. The van der Waals surface area contributed by atoms with Gasteiger partial charge in [0.25, 0.3) is 0 Å². The molecule has 2 aliphatic rings. The van der Waals surface area contributed by atoms with Crippen LogP contribution >= 0.6 is 0 Å². The third kappa shape index (κ3) is 4.16. The van der Waals surface area contributed by atoms with Gasteiger partial charge in [-0.15, -0.1) is 0 Å². The molecule has 2 heterocycles. The van der Waals surface area contributed by atoms with Crippen LogP contribution < -0.4 is 16.4 Å². The molecule has 0 radical (unpaired) electrons. The smallest absolute Gasteiger partial charge is 0.229 e. The van der Waals surface area contributed by atoms with Crippen LogP contribution in [0.4, 0.5) is 17.5 Å². The Labute approximate surface area is 168 Å². The SMILES string of the molecule is NC(=O)CCNc1nc(Nc2ccc3cnn(CC4CC4)c3c2)ncc1C1CC1. The van der Waals surface area contributed by atoms with E-state index < -0.39 is 0 Å². The number of benzene rings is 1. The predicted octanol–water partition coefficient (Wildman–Crippen LogP) is 3.14. The van der Waals surface area contributed by atoms with Crippen LogP contribution in [-0.4, -0.2) is 32.2 Å². The number of carbonyl (C=O) groups is 1. The minimum Gasteiger partial charge on any atom is -0.370 e. The minimum atomic E-state index is -0.325. The van der Waals surface area contributed by atoms with Crippen molar-refractivity contribution in [2.45, 2.75) is 44.6 Å². The molecule has 3 aromatic rings. The number of hydrogen-bond acceptors (Lipinski definition) is 6. The fourth-order valence-corrected chi connectivity index (χ4v) is 3.56. The number of amides is 1. The second kappa shape index (κ2) is 7.35. The molecule has 2 aromatic heterocycles. The van der Waals surface area contributed by atoms with Crippen LogP contribution in [0.15, 0.2) is 30.6 Å². The number of nitrogens with two attached hydrogens (primary N) is 1. The summed E-state index contributed by atoms with van der Waals surface area (Å²) in [5.41, 5.74) is 8.41. The van der Waals surface area contributed by atoms with E-state index in [-0.39, 0.29) is 12.3 Å². The van der Waals surface area contributed by atoms with Gasteiger partial charge in [0.2, 0.25) is 11.9 Å². The van der Waals surface area contributed by atoms with Gasteiger partial charge in [-0.25, -0.2) is 4.98 Å². The maximum absolute atomic E-state index is 11.0. The van der Waals surface area contributed by atoms with Crippen LogP contribution in [0.25, 0.3) is 10.9 Å². The molecule has 0 saturated heterocycles. The lowest BCUT2D eigenvalue weighted by molar-refractivity contribution is -0.117. The van der Waals surface area contributed by atoms with E-state index in [2.05, 4.69) is 42.5 Å². The number of nitrogens with zero attached hydrogens (tertiary/aromatic N) is 4. The number of aromatic nitrogens is 4. The fourth-order valence-electron chi connectivity index (χ4n) is 3.56. The van der Waals surface area contributed by atoms with Gasteiger partial charge in [0, 0.05) is 42.3 Å². The summed E-state index contributed by atoms with van der Waals surface area (Å²) in [6.07, 6.45) is 8.99. The summed E-state index contributed by atoms with van der Waals surface area (Å²) in [7, 11) is 0. The molecule has 0 atom stereocenters. The van der Waals surface area contributed by atoms with Gasteiger partial charge >= 0.3 is 0 Å². The Morgan fingerprint density at radius 3 is 2.83 bits per heavy atom. The highest BCUT2D eigenvalue weighted by Crippen LogP contribution is 2.42. The zero-order valence-electron chi connectivity index (χ0n) is 16.3. The van der Waals surface area contributed by atoms with E-state index in [1.807, 2.05) is 18.5 Å². The molecule has 4 N–H and O–H groups in total. The first kappa shape index (κ1) is 17.9. The van der Waals surface area contributed by atoms with Crippen molar-refractivity contribution in [1.82, 2.24) is 19.7 Å². The van der Waals surface area contributed by atoms with Crippen LogP contribution in [-0.2, 0) is 11.3 Å². The fraction of sp³-hybridized carbons (Fsp3) is 0.429. The molecule has 8 nitrogen and oxygen atoms in total. The third-order valence-electron chi connectivity index (χ3n) is 5.53. The van der Waals surface area contributed by atoms with E-state index in [9.17, 15) is 4.79 Å². The van der Waals surface area contributed by atoms with Crippen LogP contribution in [0, 0.1) is 5.92 Å². The highest BCUT2D eigenvalue weighted by molar-refractivity contribution is 5.83. The molecule has 2 fully saturated rings. The first-order valence-electron chi connectivity index (χ1n) is 10.3. The molecule has 29 heavy (non-hydrogen) atoms. The van der Waals surface area contributed by atoms with Gasteiger partial charge in [-0.2, -0.15) is 10.1 Å². The standard InChI is InChI=1S/C21H25N7O/c22-19(29)7-8-23-20-17(14-3-4-14)11-24-21(27-20)26-16-6-5-15-10-25-28(18(15)9-16)12-13-1-2-13/h5-6,9-11,13-14H,1-4,7-8,12H2,(H2,22,29)(H2,23,24,26,27). The molecule has 5 rings (SSSR count). The molecule has 0 unspecified atom stereocenters. The topological polar surface area (TPSA) is 111 Å². The van der Waals surface area contributed by atoms with E-state index in [0.29, 0.717) is 18.4 Å². The van der Waals surface area contributed by atoms with Gasteiger partial charge < -0.3 is 16.4 Å². The molecule has 1 amide bonds. The van der Waals surface area contributed by atoms with Crippen molar-refractivity contribution < 1.29 is 4.79 Å². The van der Waals surface area contributed by atoms with Gasteiger partial charge in [-0.3, -0.25) is 9.48 Å². The number of primary amides is 1. The average Bonchev–Trinajstić information content (AvgIpc) is 3.61. The summed E-state index contributed by atoms with van der Waals surface area (Å²) in [6.45, 7) is 1.45. The Balaban J connectivity index is 1.36. The van der Waals surface area contributed by atoms with Crippen LogP contribution in [0.5, 0.6) is 0 Å². The first-order valence-corrected chi connectivity index (χ1v) is 10.3. The van der Waals surface area contributed by atoms with Gasteiger partial charge in [0.15, 0.2) is 0 Å². The highest BCUT2D eigenvalue weighted by atomic mass is 16.1. The van der Waals surface area contributed by atoms with Gasteiger partial charge in [0.1, 0.15) is 5.82 Å². The first-order chi connectivity index (χ1) is 14.2. The van der Waals surface area contributed by atoms with E-state index in [1.165, 1.54) is 12.8 Å². The van der Waals surface area contributed by atoms with Crippen LogP contribution in [0.1, 0.15) is 43.6 Å². The maximum atomic E-state index is 11.0. The van der Waals surface area contributed by atoms with Gasteiger partial charge in [0.05, 0.1) is 11.7 Å². The van der Waals surface area contributed by atoms with Crippen molar-refractivity contribution in [2.24, 2.45) is 11.7 Å². The molecule has 2 saturated carbocycles. The highest BCUT2D eigenvalue weighted by Gasteiger charge is 2.27. The molecular formula is C21H25N7O. The number of fused-ring (bicyclic) bond motifs is 1. The van der Waals surface area contributed by atoms with Crippen molar-refractivity contribution in [3.63, 3.8) is 0 Å². The summed E-state index contributed by atoms with van der Waals surface area (Å²) >= 11 is 0. The Bertz CT molecular complexity index is 1050. The second-order valence-corrected chi connectivity index (χ2v) is 8.08. The predicted molar refractivity (Wildman–Crippen MR) is 112 cm³/mol. The summed E-state index contributed by atoms with van der Waals surface area (Å²) < 4.78 is 2.09. The molecular weight excluding hydrogens is 366 g/mol. The number of carbonyl (C=O) groups excluding carboxylic acids is 1. The minimum absolute atomic E-state index is 0.276. The lowest BCUT2D eigenvalue weighted by Gasteiger charge is -2.12. The second-order valence-electron chi connectivity index (χ2n) is 8.08. The molecule has 1 aromatic carbocycles.